The third-order valence-electron chi connectivity index (χ3n) is 2.78. The monoisotopic (exact) mass is 255 g/mol. The van der Waals surface area contributed by atoms with Crippen molar-refractivity contribution in [1.82, 2.24) is 14.5 Å². The fourth-order valence-corrected chi connectivity index (χ4v) is 1.91. The topological polar surface area (TPSA) is 50.7 Å². The average Bonchev–Trinajstić information content (AvgIpc) is 2.78. The van der Waals surface area contributed by atoms with E-state index in [1.165, 1.54) is 5.56 Å². The molecule has 0 bridgehead atoms. The molecule has 0 saturated heterocycles. The van der Waals surface area contributed by atoms with E-state index < -0.39 is 0 Å². The Morgan fingerprint density at radius 3 is 2.47 bits per heavy atom. The van der Waals surface area contributed by atoms with Gasteiger partial charge in [-0.2, -0.15) is 0 Å². The Morgan fingerprint density at radius 1 is 1.11 bits per heavy atom. The molecule has 1 N–H and O–H groups in total. The lowest BCUT2D eigenvalue weighted by atomic mass is 10.2. The van der Waals surface area contributed by atoms with Crippen LogP contribution in [0.15, 0.2) is 47.5 Å². The van der Waals surface area contributed by atoms with E-state index in [2.05, 4.69) is 9.97 Å². The SMILES string of the molecule is CC.Cc1ccc(-n2c(=O)[nH]c3cnccc32)cc1. The minimum atomic E-state index is -0.142. The molecule has 3 rings (SSSR count). The van der Waals surface area contributed by atoms with E-state index in [4.69, 9.17) is 0 Å². The van der Waals surface area contributed by atoms with Crippen LogP contribution in [0, 0.1) is 6.92 Å². The predicted molar refractivity (Wildman–Crippen MR) is 77.8 cm³/mol. The lowest BCUT2D eigenvalue weighted by Crippen LogP contribution is -2.14. The molecule has 1 aromatic carbocycles. The molecule has 4 heteroatoms. The fourth-order valence-electron chi connectivity index (χ4n) is 1.91. The van der Waals surface area contributed by atoms with Gasteiger partial charge >= 0.3 is 5.69 Å². The van der Waals surface area contributed by atoms with E-state index in [1.807, 2.05) is 51.1 Å². The highest BCUT2D eigenvalue weighted by Crippen LogP contribution is 2.14. The fraction of sp³-hybridized carbons (Fsp3) is 0.200. The molecule has 0 amide bonds. The third-order valence-corrected chi connectivity index (χ3v) is 2.78. The number of aromatic nitrogens is 3. The van der Waals surface area contributed by atoms with Crippen LogP contribution in [-0.2, 0) is 0 Å². The first-order valence-electron chi connectivity index (χ1n) is 6.37. The van der Waals surface area contributed by atoms with E-state index in [0.29, 0.717) is 0 Å². The van der Waals surface area contributed by atoms with Gasteiger partial charge in [0.1, 0.15) is 0 Å². The van der Waals surface area contributed by atoms with Gasteiger partial charge in [0, 0.05) is 6.20 Å². The first-order chi connectivity index (χ1) is 9.25. The van der Waals surface area contributed by atoms with Crippen molar-refractivity contribution in [2.24, 2.45) is 0 Å². The quantitative estimate of drug-likeness (QED) is 0.726. The van der Waals surface area contributed by atoms with E-state index in [9.17, 15) is 4.79 Å². The van der Waals surface area contributed by atoms with Gasteiger partial charge in [-0.25, -0.2) is 4.79 Å². The maximum Gasteiger partial charge on any atom is 0.331 e. The van der Waals surface area contributed by atoms with Crippen molar-refractivity contribution in [2.75, 3.05) is 0 Å². The average molecular weight is 255 g/mol. The first kappa shape index (κ1) is 13.1. The molecular formula is C15H17N3O. The second-order valence-corrected chi connectivity index (χ2v) is 3.99. The van der Waals surface area contributed by atoms with Crippen LogP contribution in [0.2, 0.25) is 0 Å². The number of nitrogens with one attached hydrogen (secondary N) is 1. The van der Waals surface area contributed by atoms with Crippen LogP contribution in [0.25, 0.3) is 16.7 Å². The van der Waals surface area contributed by atoms with Gasteiger partial charge in [-0.15, -0.1) is 0 Å². The van der Waals surface area contributed by atoms with Crippen LogP contribution in [0.5, 0.6) is 0 Å². The maximum atomic E-state index is 11.9. The number of fused-ring (bicyclic) bond motifs is 1. The summed E-state index contributed by atoms with van der Waals surface area (Å²) >= 11 is 0. The Labute approximate surface area is 111 Å². The van der Waals surface area contributed by atoms with Gasteiger partial charge in [0.05, 0.1) is 22.9 Å². The van der Waals surface area contributed by atoms with Gasteiger partial charge < -0.3 is 4.98 Å². The number of benzene rings is 1. The van der Waals surface area contributed by atoms with E-state index >= 15 is 0 Å². The highest BCUT2D eigenvalue weighted by molar-refractivity contribution is 5.75. The molecular weight excluding hydrogens is 238 g/mol. The van der Waals surface area contributed by atoms with Crippen molar-refractivity contribution >= 4 is 11.0 Å². The van der Waals surface area contributed by atoms with Crippen LogP contribution in [0.1, 0.15) is 19.4 Å². The smallest absolute Gasteiger partial charge is 0.304 e. The van der Waals surface area contributed by atoms with Gasteiger partial charge in [0.25, 0.3) is 0 Å². The van der Waals surface area contributed by atoms with Crippen LogP contribution >= 0.6 is 0 Å². The lowest BCUT2D eigenvalue weighted by Gasteiger charge is -2.03. The normalized spacial score (nSPS) is 10.1. The summed E-state index contributed by atoms with van der Waals surface area (Å²) in [6.07, 6.45) is 3.34. The second kappa shape index (κ2) is 5.52. The molecule has 0 aliphatic heterocycles. The van der Waals surface area contributed by atoms with Gasteiger partial charge in [0.2, 0.25) is 0 Å². The van der Waals surface area contributed by atoms with Crippen LogP contribution < -0.4 is 5.69 Å². The molecule has 2 heterocycles. The second-order valence-electron chi connectivity index (χ2n) is 3.99. The third kappa shape index (κ3) is 2.42. The Hall–Kier alpha value is -2.36. The molecule has 0 unspecified atom stereocenters. The maximum absolute atomic E-state index is 11.9. The van der Waals surface area contributed by atoms with E-state index in [1.54, 1.807) is 17.0 Å². The zero-order valence-electron chi connectivity index (χ0n) is 11.3. The molecule has 98 valence electrons. The Bertz CT molecular complexity index is 723. The summed E-state index contributed by atoms with van der Waals surface area (Å²) in [5, 5.41) is 0. The summed E-state index contributed by atoms with van der Waals surface area (Å²) in [7, 11) is 0. The number of H-pyrrole nitrogens is 1. The zero-order chi connectivity index (χ0) is 13.8. The molecule has 0 saturated carbocycles. The van der Waals surface area contributed by atoms with Crippen LogP contribution in [-0.4, -0.2) is 14.5 Å². The van der Waals surface area contributed by atoms with Crippen molar-refractivity contribution in [2.45, 2.75) is 20.8 Å². The van der Waals surface area contributed by atoms with Crippen molar-refractivity contribution < 1.29 is 0 Å². The highest BCUT2D eigenvalue weighted by Gasteiger charge is 2.07. The van der Waals surface area contributed by atoms with E-state index in [-0.39, 0.29) is 5.69 Å². The van der Waals surface area contributed by atoms with Crippen molar-refractivity contribution in [3.63, 3.8) is 0 Å². The summed E-state index contributed by atoms with van der Waals surface area (Å²) in [5.41, 5.74) is 3.48. The molecule has 0 aliphatic rings. The van der Waals surface area contributed by atoms with Crippen LogP contribution in [0.4, 0.5) is 0 Å². The number of pyridine rings is 1. The Morgan fingerprint density at radius 2 is 1.79 bits per heavy atom. The largest absolute Gasteiger partial charge is 0.331 e. The van der Waals surface area contributed by atoms with Crippen molar-refractivity contribution in [3.05, 3.63) is 58.8 Å². The van der Waals surface area contributed by atoms with Gasteiger partial charge in [-0.1, -0.05) is 31.5 Å². The molecule has 0 spiro atoms. The molecule has 0 atom stereocenters. The van der Waals surface area contributed by atoms with Gasteiger partial charge in [-0.3, -0.25) is 9.55 Å². The number of hydrogen-bond acceptors (Lipinski definition) is 2. The predicted octanol–water partition coefficient (Wildman–Crippen LogP) is 3.05. The molecule has 3 aromatic rings. The number of aryl methyl sites for hydroxylation is 1. The number of hydrogen-bond donors (Lipinski definition) is 1. The minimum Gasteiger partial charge on any atom is -0.304 e. The molecule has 0 radical (unpaired) electrons. The Balaban J connectivity index is 0.000000637. The summed E-state index contributed by atoms with van der Waals surface area (Å²) < 4.78 is 1.65. The molecule has 2 aromatic heterocycles. The lowest BCUT2D eigenvalue weighted by molar-refractivity contribution is 1.01. The van der Waals surface area contributed by atoms with E-state index in [0.717, 1.165) is 16.7 Å². The first-order valence-corrected chi connectivity index (χ1v) is 6.37. The molecule has 4 nitrogen and oxygen atoms in total. The van der Waals surface area contributed by atoms with Gasteiger partial charge in [-0.05, 0) is 25.1 Å². The zero-order valence-corrected chi connectivity index (χ0v) is 11.3. The molecule has 19 heavy (non-hydrogen) atoms. The number of imidazole rings is 1. The summed E-state index contributed by atoms with van der Waals surface area (Å²) in [6.45, 7) is 6.02. The number of aromatic amines is 1. The van der Waals surface area contributed by atoms with Crippen molar-refractivity contribution in [1.29, 1.82) is 0 Å². The molecule has 0 fully saturated rings. The summed E-state index contributed by atoms with van der Waals surface area (Å²) in [6, 6.07) is 9.67. The summed E-state index contributed by atoms with van der Waals surface area (Å²) in [5.74, 6) is 0. The van der Waals surface area contributed by atoms with Crippen LogP contribution in [0.3, 0.4) is 0 Å². The minimum absolute atomic E-state index is 0.142. The summed E-state index contributed by atoms with van der Waals surface area (Å²) in [4.78, 5) is 18.7. The number of rotatable bonds is 1. The standard InChI is InChI=1S/C13H11N3O.C2H6/c1-9-2-4-10(5-3-9)16-12-6-7-14-8-11(12)15-13(16)17;1-2/h2-8H,1H3,(H,15,17);1-2H3. The van der Waals surface area contributed by atoms with Gasteiger partial charge in [0.15, 0.2) is 0 Å². The Kier molecular flexibility index (Phi) is 3.80. The highest BCUT2D eigenvalue weighted by atomic mass is 16.1. The molecule has 0 aliphatic carbocycles. The number of nitrogens with zero attached hydrogens (tertiary/aromatic N) is 2. The van der Waals surface area contributed by atoms with Crippen molar-refractivity contribution in [3.8, 4) is 5.69 Å².